The number of benzene rings is 1. The molecule has 10 heteroatoms. The average Bonchev–Trinajstić information content (AvgIpc) is 2.82. The predicted octanol–water partition coefficient (Wildman–Crippen LogP) is 2.07. The summed E-state index contributed by atoms with van der Waals surface area (Å²) in [6.45, 7) is 3.64. The highest BCUT2D eigenvalue weighted by molar-refractivity contribution is 5.80. The first-order valence-corrected chi connectivity index (χ1v) is 12.1. The lowest BCUT2D eigenvalue weighted by atomic mass is 10.0. The summed E-state index contributed by atoms with van der Waals surface area (Å²) in [5, 5.41) is 31.1. The third kappa shape index (κ3) is 10.7. The lowest BCUT2D eigenvalue weighted by Crippen LogP contribution is -2.48. The molecular formula is C25H37NO9. The summed E-state index contributed by atoms with van der Waals surface area (Å²) in [5.74, 6) is -1.88. The number of unbranched alkanes of at least 4 members (excludes halogenated alkanes) is 1. The van der Waals surface area contributed by atoms with Crippen molar-refractivity contribution in [2.24, 2.45) is 0 Å². The highest BCUT2D eigenvalue weighted by Gasteiger charge is 2.35. The predicted molar refractivity (Wildman–Crippen MR) is 125 cm³/mol. The zero-order valence-corrected chi connectivity index (χ0v) is 20.3. The second-order valence-corrected chi connectivity index (χ2v) is 8.86. The maximum Gasteiger partial charge on any atom is 0.306 e. The summed E-state index contributed by atoms with van der Waals surface area (Å²) in [6.07, 6.45) is -1.79. The van der Waals surface area contributed by atoms with Gasteiger partial charge in [0.05, 0.1) is 31.3 Å². The van der Waals surface area contributed by atoms with Crippen molar-refractivity contribution >= 4 is 17.8 Å². The van der Waals surface area contributed by atoms with Gasteiger partial charge in [0.1, 0.15) is 12.2 Å². The SMILES string of the molecule is CC1O[C@@H](O[C@H](C)CCCCC(=O)O[C@@H](CNC(=O)CCC(=O)O)c2ccccc2)[C@@H](O)C[C@H]1O. The molecule has 4 N–H and O–H groups in total. The van der Waals surface area contributed by atoms with Gasteiger partial charge in [-0.1, -0.05) is 36.8 Å². The molecule has 196 valence electrons. The van der Waals surface area contributed by atoms with Gasteiger partial charge in [0.2, 0.25) is 5.91 Å². The Morgan fingerprint density at radius 3 is 2.49 bits per heavy atom. The lowest BCUT2D eigenvalue weighted by molar-refractivity contribution is -0.273. The number of amides is 1. The fourth-order valence-corrected chi connectivity index (χ4v) is 3.69. The summed E-state index contributed by atoms with van der Waals surface area (Å²) >= 11 is 0. The minimum atomic E-state index is -1.05. The van der Waals surface area contributed by atoms with E-state index in [1.165, 1.54) is 0 Å². The number of aliphatic carboxylic acids is 1. The number of rotatable bonds is 14. The number of carboxylic acid groups (broad SMARTS) is 1. The van der Waals surface area contributed by atoms with Gasteiger partial charge < -0.3 is 34.8 Å². The number of hydrogen-bond acceptors (Lipinski definition) is 8. The Morgan fingerprint density at radius 1 is 1.09 bits per heavy atom. The summed E-state index contributed by atoms with van der Waals surface area (Å²) in [6, 6.07) is 9.03. The summed E-state index contributed by atoms with van der Waals surface area (Å²) in [4.78, 5) is 34.9. The Balaban J connectivity index is 1.74. The number of carbonyl (C=O) groups is 3. The molecule has 1 aromatic carbocycles. The van der Waals surface area contributed by atoms with E-state index in [2.05, 4.69) is 5.32 Å². The molecular weight excluding hydrogens is 458 g/mol. The number of esters is 1. The van der Waals surface area contributed by atoms with Crippen LogP contribution in [0.4, 0.5) is 0 Å². The van der Waals surface area contributed by atoms with E-state index in [4.69, 9.17) is 19.3 Å². The molecule has 0 aromatic heterocycles. The minimum Gasteiger partial charge on any atom is -0.481 e. The third-order valence-electron chi connectivity index (χ3n) is 5.79. The lowest BCUT2D eigenvalue weighted by Gasteiger charge is -2.36. The van der Waals surface area contributed by atoms with Crippen molar-refractivity contribution in [2.45, 2.75) is 95.6 Å². The summed E-state index contributed by atoms with van der Waals surface area (Å²) in [5.41, 5.74) is 0.729. The van der Waals surface area contributed by atoms with Crippen molar-refractivity contribution in [3.63, 3.8) is 0 Å². The summed E-state index contributed by atoms with van der Waals surface area (Å²) in [7, 11) is 0. The van der Waals surface area contributed by atoms with Gasteiger partial charge >= 0.3 is 11.9 Å². The Kier molecular flexibility index (Phi) is 12.1. The molecule has 0 aliphatic carbocycles. The molecule has 1 fully saturated rings. The molecule has 1 aliphatic heterocycles. The van der Waals surface area contributed by atoms with Gasteiger partial charge in [0.25, 0.3) is 0 Å². The smallest absolute Gasteiger partial charge is 0.306 e. The number of carbonyl (C=O) groups excluding carboxylic acids is 2. The second kappa shape index (κ2) is 14.8. The van der Waals surface area contributed by atoms with E-state index in [0.29, 0.717) is 19.3 Å². The molecule has 0 saturated carbocycles. The number of carboxylic acids is 1. The van der Waals surface area contributed by atoms with Crippen molar-refractivity contribution in [2.75, 3.05) is 6.54 Å². The van der Waals surface area contributed by atoms with Crippen LogP contribution in [0.2, 0.25) is 0 Å². The first kappa shape index (κ1) is 28.7. The number of nitrogens with one attached hydrogen (secondary N) is 1. The first-order valence-electron chi connectivity index (χ1n) is 12.1. The molecule has 0 bridgehead atoms. The van der Waals surface area contributed by atoms with Gasteiger partial charge in [0, 0.05) is 19.3 Å². The molecule has 1 saturated heterocycles. The number of ether oxygens (including phenoxy) is 3. The van der Waals surface area contributed by atoms with Crippen LogP contribution in [0.25, 0.3) is 0 Å². The van der Waals surface area contributed by atoms with Crippen molar-refractivity contribution in [3.05, 3.63) is 35.9 Å². The van der Waals surface area contributed by atoms with Crippen molar-refractivity contribution in [1.82, 2.24) is 5.32 Å². The molecule has 1 aromatic rings. The van der Waals surface area contributed by atoms with E-state index in [1.54, 1.807) is 31.2 Å². The molecule has 2 rings (SSSR count). The normalized spacial score (nSPS) is 23.8. The van der Waals surface area contributed by atoms with Crippen molar-refractivity contribution < 1.29 is 43.9 Å². The molecule has 0 spiro atoms. The van der Waals surface area contributed by atoms with Crippen LogP contribution in [0.15, 0.2) is 30.3 Å². The van der Waals surface area contributed by atoms with Gasteiger partial charge in [0.15, 0.2) is 6.29 Å². The topological polar surface area (TPSA) is 152 Å². The average molecular weight is 496 g/mol. The van der Waals surface area contributed by atoms with E-state index in [9.17, 15) is 24.6 Å². The fourth-order valence-electron chi connectivity index (χ4n) is 3.69. The minimum absolute atomic E-state index is 0.0515. The maximum atomic E-state index is 12.4. The maximum absolute atomic E-state index is 12.4. The van der Waals surface area contributed by atoms with Gasteiger partial charge in [-0.25, -0.2) is 0 Å². The van der Waals surface area contributed by atoms with Crippen molar-refractivity contribution in [3.8, 4) is 0 Å². The van der Waals surface area contributed by atoms with Crippen LogP contribution in [-0.2, 0) is 28.6 Å². The fraction of sp³-hybridized carbons (Fsp3) is 0.640. The van der Waals surface area contributed by atoms with Gasteiger partial charge in [-0.05, 0) is 32.3 Å². The Bertz CT molecular complexity index is 803. The van der Waals surface area contributed by atoms with Gasteiger partial charge in [-0.2, -0.15) is 0 Å². The first-order chi connectivity index (χ1) is 16.7. The van der Waals surface area contributed by atoms with E-state index >= 15 is 0 Å². The molecule has 35 heavy (non-hydrogen) atoms. The molecule has 0 radical (unpaired) electrons. The zero-order chi connectivity index (χ0) is 25.8. The third-order valence-corrected chi connectivity index (χ3v) is 5.79. The Labute approximate surface area is 205 Å². The molecule has 1 amide bonds. The molecule has 1 aliphatic rings. The molecule has 6 atom stereocenters. The van der Waals surface area contributed by atoms with Crippen LogP contribution >= 0.6 is 0 Å². The van der Waals surface area contributed by atoms with Crippen LogP contribution in [0.5, 0.6) is 0 Å². The quantitative estimate of drug-likeness (QED) is 0.224. The molecule has 1 heterocycles. The Hall–Kier alpha value is -2.53. The van der Waals surface area contributed by atoms with E-state index in [1.807, 2.05) is 13.0 Å². The van der Waals surface area contributed by atoms with Crippen LogP contribution < -0.4 is 5.32 Å². The standard InChI is InChI=1S/C25H37NO9/c1-16(33-25-20(28)14-19(27)17(2)34-25)8-6-7-11-24(32)35-21(18-9-4-3-5-10-18)15-26-22(29)12-13-23(30)31/h3-5,9-10,16-17,19-21,25,27-28H,6-8,11-15H2,1-2H3,(H,26,29)(H,30,31)/t16-,17?,19-,20+,21+,25-/m1/s1. The highest BCUT2D eigenvalue weighted by atomic mass is 16.7. The number of aliphatic hydroxyl groups is 2. The highest BCUT2D eigenvalue weighted by Crippen LogP contribution is 2.23. The van der Waals surface area contributed by atoms with Crippen LogP contribution in [-0.4, -0.2) is 70.4 Å². The van der Waals surface area contributed by atoms with Gasteiger partial charge in [-0.3, -0.25) is 14.4 Å². The van der Waals surface area contributed by atoms with Crippen LogP contribution in [0.1, 0.15) is 70.5 Å². The molecule has 10 nitrogen and oxygen atoms in total. The monoisotopic (exact) mass is 495 g/mol. The molecule has 1 unspecified atom stereocenters. The number of hydrogen-bond donors (Lipinski definition) is 4. The number of aliphatic hydroxyl groups excluding tert-OH is 2. The largest absolute Gasteiger partial charge is 0.481 e. The van der Waals surface area contributed by atoms with E-state index in [0.717, 1.165) is 5.56 Å². The van der Waals surface area contributed by atoms with E-state index in [-0.39, 0.29) is 38.3 Å². The van der Waals surface area contributed by atoms with Gasteiger partial charge in [-0.15, -0.1) is 0 Å². The zero-order valence-electron chi connectivity index (χ0n) is 20.3. The van der Waals surface area contributed by atoms with Crippen LogP contribution in [0, 0.1) is 0 Å². The van der Waals surface area contributed by atoms with Crippen molar-refractivity contribution in [1.29, 1.82) is 0 Å². The Morgan fingerprint density at radius 2 is 1.80 bits per heavy atom. The summed E-state index contributed by atoms with van der Waals surface area (Å²) < 4.78 is 16.9. The van der Waals surface area contributed by atoms with Crippen LogP contribution in [0.3, 0.4) is 0 Å². The van der Waals surface area contributed by atoms with E-state index < -0.39 is 48.6 Å². The second-order valence-electron chi connectivity index (χ2n) is 8.86.